The van der Waals surface area contributed by atoms with Gasteiger partial charge in [0.25, 0.3) is 11.6 Å². The summed E-state index contributed by atoms with van der Waals surface area (Å²) in [6.45, 7) is 2.92. The monoisotopic (exact) mass is 392 g/mol. The number of nitrogens with zero attached hydrogens (tertiary/aromatic N) is 1. The molecule has 0 heterocycles. The third-order valence-corrected chi connectivity index (χ3v) is 3.66. The van der Waals surface area contributed by atoms with Crippen molar-refractivity contribution >= 4 is 34.9 Å². The van der Waals surface area contributed by atoms with Crippen LogP contribution in [0.5, 0.6) is 5.75 Å². The van der Waals surface area contributed by atoms with Crippen LogP contribution in [0.2, 0.25) is 5.02 Å². The maximum atomic E-state index is 11.8. The molecule has 0 saturated heterocycles. The summed E-state index contributed by atoms with van der Waals surface area (Å²) in [5.74, 6) is -0.833. The highest BCUT2D eigenvalue weighted by Crippen LogP contribution is 2.27. The molecule has 1 amide bonds. The second-order valence-corrected chi connectivity index (χ2v) is 6.15. The second kappa shape index (κ2) is 9.00. The SMILES string of the molecule is Cc1cc(C)cc(OCC(=O)OCC(=O)Nc2ccc(Cl)c([N+](=O)[O-])c2)c1. The van der Waals surface area contributed by atoms with E-state index < -0.39 is 23.4 Å². The van der Waals surface area contributed by atoms with E-state index in [9.17, 15) is 19.7 Å². The number of nitro benzene ring substituents is 1. The van der Waals surface area contributed by atoms with E-state index in [-0.39, 0.29) is 23.0 Å². The number of benzene rings is 2. The number of halogens is 1. The van der Waals surface area contributed by atoms with E-state index >= 15 is 0 Å². The Morgan fingerprint density at radius 2 is 1.78 bits per heavy atom. The molecule has 0 fully saturated rings. The zero-order valence-corrected chi connectivity index (χ0v) is 15.4. The highest BCUT2D eigenvalue weighted by molar-refractivity contribution is 6.32. The summed E-state index contributed by atoms with van der Waals surface area (Å²) in [7, 11) is 0. The molecule has 142 valence electrons. The molecule has 2 aromatic carbocycles. The normalized spacial score (nSPS) is 10.2. The molecule has 0 unspecified atom stereocenters. The van der Waals surface area contributed by atoms with Crippen molar-refractivity contribution in [3.63, 3.8) is 0 Å². The first-order valence-corrected chi connectivity index (χ1v) is 8.23. The van der Waals surface area contributed by atoms with Crippen LogP contribution in [0.1, 0.15) is 11.1 Å². The molecule has 0 aliphatic rings. The minimum Gasteiger partial charge on any atom is -0.482 e. The van der Waals surface area contributed by atoms with Crippen molar-refractivity contribution in [2.75, 3.05) is 18.5 Å². The average molecular weight is 393 g/mol. The number of hydrogen-bond donors (Lipinski definition) is 1. The van der Waals surface area contributed by atoms with Gasteiger partial charge in [-0.05, 0) is 49.2 Å². The van der Waals surface area contributed by atoms with Gasteiger partial charge < -0.3 is 14.8 Å². The predicted octanol–water partition coefficient (Wildman–Crippen LogP) is 3.43. The molecule has 2 aromatic rings. The molecule has 0 aromatic heterocycles. The van der Waals surface area contributed by atoms with Crippen molar-refractivity contribution in [3.8, 4) is 5.75 Å². The smallest absolute Gasteiger partial charge is 0.344 e. The van der Waals surface area contributed by atoms with Crippen molar-refractivity contribution in [1.29, 1.82) is 0 Å². The van der Waals surface area contributed by atoms with Crippen LogP contribution in [0.3, 0.4) is 0 Å². The number of aryl methyl sites for hydroxylation is 2. The summed E-state index contributed by atoms with van der Waals surface area (Å²) in [5, 5.41) is 13.2. The summed E-state index contributed by atoms with van der Waals surface area (Å²) in [4.78, 5) is 33.7. The Bertz CT molecular complexity index is 864. The Labute approximate surface area is 160 Å². The van der Waals surface area contributed by atoms with Crippen LogP contribution in [0, 0.1) is 24.0 Å². The Hall–Kier alpha value is -3.13. The number of nitrogens with one attached hydrogen (secondary N) is 1. The fourth-order valence-corrected chi connectivity index (χ4v) is 2.46. The number of anilines is 1. The number of rotatable bonds is 7. The first-order valence-electron chi connectivity index (χ1n) is 7.85. The molecule has 0 aliphatic heterocycles. The number of hydrogen-bond acceptors (Lipinski definition) is 6. The molecule has 1 N–H and O–H groups in total. The van der Waals surface area contributed by atoms with Gasteiger partial charge in [0, 0.05) is 11.8 Å². The molecule has 27 heavy (non-hydrogen) atoms. The van der Waals surface area contributed by atoms with Crippen molar-refractivity contribution in [2.24, 2.45) is 0 Å². The van der Waals surface area contributed by atoms with Gasteiger partial charge in [-0.1, -0.05) is 17.7 Å². The van der Waals surface area contributed by atoms with E-state index in [0.717, 1.165) is 17.2 Å². The molecule has 0 bridgehead atoms. The van der Waals surface area contributed by atoms with Crippen molar-refractivity contribution in [3.05, 3.63) is 62.7 Å². The lowest BCUT2D eigenvalue weighted by Gasteiger charge is -2.09. The largest absolute Gasteiger partial charge is 0.482 e. The summed E-state index contributed by atoms with van der Waals surface area (Å²) in [6.07, 6.45) is 0. The number of esters is 1. The quantitative estimate of drug-likeness (QED) is 0.439. The van der Waals surface area contributed by atoms with E-state index in [1.807, 2.05) is 19.9 Å². The molecule has 0 spiro atoms. The highest BCUT2D eigenvalue weighted by atomic mass is 35.5. The molecule has 0 radical (unpaired) electrons. The average Bonchev–Trinajstić information content (AvgIpc) is 2.59. The minimum atomic E-state index is -0.716. The van der Waals surface area contributed by atoms with Crippen LogP contribution in [-0.4, -0.2) is 30.0 Å². The van der Waals surface area contributed by atoms with Crippen molar-refractivity contribution in [2.45, 2.75) is 13.8 Å². The summed E-state index contributed by atoms with van der Waals surface area (Å²) < 4.78 is 10.2. The molecule has 0 aliphatic carbocycles. The van der Waals surface area contributed by atoms with Crippen molar-refractivity contribution < 1.29 is 24.0 Å². The van der Waals surface area contributed by atoms with Gasteiger partial charge in [0.05, 0.1) is 4.92 Å². The molecule has 9 heteroatoms. The topological polar surface area (TPSA) is 108 Å². The van der Waals surface area contributed by atoms with Gasteiger partial charge >= 0.3 is 5.97 Å². The fraction of sp³-hybridized carbons (Fsp3) is 0.222. The number of carbonyl (C=O) groups excluding carboxylic acids is 2. The molecular weight excluding hydrogens is 376 g/mol. The predicted molar refractivity (Wildman–Crippen MR) is 99.1 cm³/mol. The molecular formula is C18H17ClN2O6. The first-order chi connectivity index (χ1) is 12.7. The molecule has 2 rings (SSSR count). The minimum absolute atomic E-state index is 0.0482. The van der Waals surface area contributed by atoms with Crippen LogP contribution in [0.15, 0.2) is 36.4 Å². The lowest BCUT2D eigenvalue weighted by atomic mass is 10.1. The standard InChI is InChI=1S/C18H17ClN2O6/c1-11-5-12(2)7-14(6-11)26-10-18(23)27-9-17(22)20-13-3-4-15(19)16(8-13)21(24)25/h3-8H,9-10H2,1-2H3,(H,20,22). The van der Waals surface area contributed by atoms with Gasteiger partial charge in [0.15, 0.2) is 13.2 Å². The first kappa shape index (κ1) is 20.2. The summed E-state index contributed by atoms with van der Waals surface area (Å²) >= 11 is 5.70. The van der Waals surface area contributed by atoms with Gasteiger partial charge in [0.1, 0.15) is 10.8 Å². The third kappa shape index (κ3) is 6.27. The number of amides is 1. The van der Waals surface area contributed by atoms with Gasteiger partial charge in [0.2, 0.25) is 0 Å². The highest BCUT2D eigenvalue weighted by Gasteiger charge is 2.15. The van der Waals surface area contributed by atoms with Gasteiger partial charge in [-0.15, -0.1) is 0 Å². The van der Waals surface area contributed by atoms with E-state index in [0.29, 0.717) is 5.75 Å². The molecule has 8 nitrogen and oxygen atoms in total. The lowest BCUT2D eigenvalue weighted by molar-refractivity contribution is -0.384. The Balaban J connectivity index is 1.82. The number of nitro groups is 1. The number of ether oxygens (including phenoxy) is 2. The maximum absolute atomic E-state index is 11.8. The van der Waals surface area contributed by atoms with E-state index in [1.54, 1.807) is 12.1 Å². The third-order valence-electron chi connectivity index (χ3n) is 3.34. The zero-order chi connectivity index (χ0) is 20.0. The van der Waals surface area contributed by atoms with E-state index in [1.165, 1.54) is 12.1 Å². The van der Waals surface area contributed by atoms with E-state index in [2.05, 4.69) is 5.32 Å². The van der Waals surface area contributed by atoms with Gasteiger partial charge in [-0.2, -0.15) is 0 Å². The van der Waals surface area contributed by atoms with Crippen molar-refractivity contribution in [1.82, 2.24) is 0 Å². The van der Waals surface area contributed by atoms with Crippen LogP contribution >= 0.6 is 11.6 Å². The van der Waals surface area contributed by atoms with Crippen LogP contribution in [0.4, 0.5) is 11.4 Å². The Morgan fingerprint density at radius 1 is 1.11 bits per heavy atom. The second-order valence-electron chi connectivity index (χ2n) is 5.74. The molecule has 0 atom stereocenters. The summed E-state index contributed by atoms with van der Waals surface area (Å²) in [5.41, 5.74) is 1.82. The van der Waals surface area contributed by atoms with Crippen LogP contribution < -0.4 is 10.1 Å². The zero-order valence-electron chi connectivity index (χ0n) is 14.7. The van der Waals surface area contributed by atoms with Crippen LogP contribution in [0.25, 0.3) is 0 Å². The van der Waals surface area contributed by atoms with Gasteiger partial charge in [-0.25, -0.2) is 4.79 Å². The van der Waals surface area contributed by atoms with E-state index in [4.69, 9.17) is 21.1 Å². The fourth-order valence-electron chi connectivity index (χ4n) is 2.27. The van der Waals surface area contributed by atoms with Crippen LogP contribution in [-0.2, 0) is 14.3 Å². The summed E-state index contributed by atoms with van der Waals surface area (Å²) in [6, 6.07) is 9.33. The Kier molecular flexibility index (Phi) is 6.73. The lowest BCUT2D eigenvalue weighted by Crippen LogP contribution is -2.23. The molecule has 0 saturated carbocycles. The Morgan fingerprint density at radius 3 is 2.41 bits per heavy atom. The maximum Gasteiger partial charge on any atom is 0.344 e. The number of carbonyl (C=O) groups is 2. The van der Waals surface area contributed by atoms with Gasteiger partial charge in [-0.3, -0.25) is 14.9 Å².